The molecule has 2 rings (SSSR count). The molecule has 1 heterocycles. The summed E-state index contributed by atoms with van der Waals surface area (Å²) in [5, 5.41) is 9.98. The summed E-state index contributed by atoms with van der Waals surface area (Å²) >= 11 is 0. The fourth-order valence-electron chi connectivity index (χ4n) is 3.16. The summed E-state index contributed by atoms with van der Waals surface area (Å²) in [6.45, 7) is 7.72. The molecule has 1 aliphatic heterocycles. The number of phenolic OH excluding ortho intramolecular Hbond substituents is 1. The van der Waals surface area contributed by atoms with E-state index in [4.69, 9.17) is 0 Å². The van der Waals surface area contributed by atoms with Crippen LogP contribution < -0.4 is 0 Å². The monoisotopic (exact) mass is 290 g/mol. The second-order valence-electron chi connectivity index (χ2n) is 6.02. The highest BCUT2D eigenvalue weighted by Gasteiger charge is 2.24. The molecule has 1 atom stereocenters. The third-order valence-electron chi connectivity index (χ3n) is 4.35. The minimum Gasteiger partial charge on any atom is -0.508 e. The van der Waals surface area contributed by atoms with Crippen LogP contribution in [0.15, 0.2) is 18.2 Å². The zero-order chi connectivity index (χ0) is 15.4. The van der Waals surface area contributed by atoms with E-state index in [2.05, 4.69) is 23.8 Å². The number of hydrogen-bond acceptors (Lipinski definition) is 4. The average molecular weight is 290 g/mol. The first-order chi connectivity index (χ1) is 10.0. The maximum absolute atomic E-state index is 11.5. The zero-order valence-corrected chi connectivity index (χ0v) is 13.3. The van der Waals surface area contributed by atoms with E-state index in [-0.39, 0.29) is 11.5 Å². The molecule has 0 amide bonds. The second kappa shape index (κ2) is 7.05. The van der Waals surface area contributed by atoms with E-state index in [1.54, 1.807) is 25.1 Å². The summed E-state index contributed by atoms with van der Waals surface area (Å²) in [7, 11) is 2.08. The number of carbonyl (C=O) groups is 1. The van der Waals surface area contributed by atoms with Gasteiger partial charge in [-0.2, -0.15) is 0 Å². The van der Waals surface area contributed by atoms with Crippen molar-refractivity contribution < 1.29 is 9.90 Å². The topological polar surface area (TPSA) is 43.8 Å². The standard InChI is InChI=1S/C17H26N2O2/c1-4-19-9-5-6-16(19)12-18(3)11-15-10-14(13(2)20)7-8-17(15)21/h7-8,10,16,21H,4-6,9,11-12H2,1-3H3. The molecule has 0 bridgehead atoms. The Bertz CT molecular complexity index is 502. The van der Waals surface area contributed by atoms with Gasteiger partial charge < -0.3 is 10.0 Å². The minimum atomic E-state index is 0.0341. The van der Waals surface area contributed by atoms with Crippen LogP contribution in [0.25, 0.3) is 0 Å². The van der Waals surface area contributed by atoms with Gasteiger partial charge in [-0.15, -0.1) is 0 Å². The zero-order valence-electron chi connectivity index (χ0n) is 13.3. The van der Waals surface area contributed by atoms with Crippen LogP contribution in [0.1, 0.15) is 42.6 Å². The maximum Gasteiger partial charge on any atom is 0.159 e. The first-order valence-electron chi connectivity index (χ1n) is 7.76. The predicted molar refractivity (Wildman–Crippen MR) is 84.7 cm³/mol. The van der Waals surface area contributed by atoms with Crippen molar-refractivity contribution >= 4 is 5.78 Å². The third-order valence-corrected chi connectivity index (χ3v) is 4.35. The molecular weight excluding hydrogens is 264 g/mol. The number of likely N-dealkylation sites (N-methyl/N-ethyl adjacent to an activating group) is 2. The lowest BCUT2D eigenvalue weighted by atomic mass is 10.1. The highest BCUT2D eigenvalue weighted by atomic mass is 16.3. The summed E-state index contributed by atoms with van der Waals surface area (Å²) in [6.07, 6.45) is 2.52. The van der Waals surface area contributed by atoms with Crippen molar-refractivity contribution in [1.82, 2.24) is 9.80 Å². The number of rotatable bonds is 6. The van der Waals surface area contributed by atoms with Gasteiger partial charge in [-0.25, -0.2) is 0 Å². The fourth-order valence-corrected chi connectivity index (χ4v) is 3.16. The van der Waals surface area contributed by atoms with E-state index >= 15 is 0 Å². The number of ketones is 1. The lowest BCUT2D eigenvalue weighted by molar-refractivity contribution is 0.101. The molecule has 4 nitrogen and oxygen atoms in total. The van der Waals surface area contributed by atoms with E-state index in [0.717, 1.165) is 18.7 Å². The molecule has 0 radical (unpaired) electrons. The number of phenols is 1. The van der Waals surface area contributed by atoms with E-state index in [1.807, 2.05) is 0 Å². The molecule has 0 aliphatic carbocycles. The van der Waals surface area contributed by atoms with Crippen molar-refractivity contribution in [3.63, 3.8) is 0 Å². The smallest absolute Gasteiger partial charge is 0.159 e. The SMILES string of the molecule is CCN1CCCC1CN(C)Cc1cc(C(C)=O)ccc1O. The van der Waals surface area contributed by atoms with Gasteiger partial charge in [0.15, 0.2) is 5.78 Å². The van der Waals surface area contributed by atoms with E-state index < -0.39 is 0 Å². The van der Waals surface area contributed by atoms with Crippen molar-refractivity contribution in [3.8, 4) is 5.75 Å². The number of aromatic hydroxyl groups is 1. The normalized spacial score (nSPS) is 19.3. The molecule has 0 spiro atoms. The Morgan fingerprint density at radius 1 is 1.48 bits per heavy atom. The van der Waals surface area contributed by atoms with Crippen molar-refractivity contribution in [2.45, 2.75) is 39.3 Å². The van der Waals surface area contributed by atoms with Crippen LogP contribution in [-0.2, 0) is 6.54 Å². The van der Waals surface area contributed by atoms with Gasteiger partial charge in [0.2, 0.25) is 0 Å². The van der Waals surface area contributed by atoms with Crippen LogP contribution in [0.3, 0.4) is 0 Å². The number of likely N-dealkylation sites (tertiary alicyclic amines) is 1. The molecule has 1 saturated heterocycles. The Balaban J connectivity index is 2.00. The lowest BCUT2D eigenvalue weighted by Gasteiger charge is -2.28. The summed E-state index contributed by atoms with van der Waals surface area (Å²) in [5.74, 6) is 0.303. The number of hydrogen-bond donors (Lipinski definition) is 1. The van der Waals surface area contributed by atoms with Crippen LogP contribution in [0.2, 0.25) is 0 Å². The number of benzene rings is 1. The number of nitrogens with zero attached hydrogens (tertiary/aromatic N) is 2. The van der Waals surface area contributed by atoms with Gasteiger partial charge in [0.1, 0.15) is 5.75 Å². The van der Waals surface area contributed by atoms with E-state index in [9.17, 15) is 9.90 Å². The van der Waals surface area contributed by atoms with Gasteiger partial charge in [-0.05, 0) is 58.1 Å². The summed E-state index contributed by atoms with van der Waals surface area (Å²) in [6, 6.07) is 5.71. The van der Waals surface area contributed by atoms with Gasteiger partial charge in [-0.3, -0.25) is 9.69 Å². The Labute approximate surface area is 127 Å². The molecule has 4 heteroatoms. The average Bonchev–Trinajstić information content (AvgIpc) is 2.88. The third kappa shape index (κ3) is 4.05. The highest BCUT2D eigenvalue weighted by molar-refractivity contribution is 5.94. The molecule has 0 aromatic heterocycles. The number of carbonyl (C=O) groups excluding carboxylic acids is 1. The molecule has 1 aromatic rings. The Morgan fingerprint density at radius 2 is 2.24 bits per heavy atom. The van der Waals surface area contributed by atoms with Gasteiger partial charge >= 0.3 is 0 Å². The van der Waals surface area contributed by atoms with Crippen LogP contribution in [-0.4, -0.2) is 53.4 Å². The Morgan fingerprint density at radius 3 is 2.90 bits per heavy atom. The first-order valence-corrected chi connectivity index (χ1v) is 7.76. The van der Waals surface area contributed by atoms with Crippen LogP contribution >= 0.6 is 0 Å². The maximum atomic E-state index is 11.5. The molecule has 1 unspecified atom stereocenters. The quantitative estimate of drug-likeness (QED) is 0.818. The highest BCUT2D eigenvalue weighted by Crippen LogP contribution is 2.22. The minimum absolute atomic E-state index is 0.0341. The molecular formula is C17H26N2O2. The molecule has 1 fully saturated rings. The van der Waals surface area contributed by atoms with Gasteiger partial charge in [0.25, 0.3) is 0 Å². The summed E-state index contributed by atoms with van der Waals surface area (Å²) in [5.41, 5.74) is 1.48. The summed E-state index contributed by atoms with van der Waals surface area (Å²) < 4.78 is 0. The van der Waals surface area contributed by atoms with Crippen molar-refractivity contribution in [3.05, 3.63) is 29.3 Å². The number of Topliss-reactive ketones (excluding diaryl/α,β-unsaturated/α-hetero) is 1. The van der Waals surface area contributed by atoms with Crippen LogP contribution in [0.4, 0.5) is 0 Å². The van der Waals surface area contributed by atoms with Crippen molar-refractivity contribution in [2.75, 3.05) is 26.7 Å². The molecule has 1 aromatic carbocycles. The van der Waals surface area contributed by atoms with Gasteiger partial charge in [0.05, 0.1) is 0 Å². The van der Waals surface area contributed by atoms with Crippen LogP contribution in [0, 0.1) is 0 Å². The Hall–Kier alpha value is -1.39. The first kappa shape index (κ1) is 16.0. The lowest BCUT2D eigenvalue weighted by Crippen LogP contribution is -2.38. The van der Waals surface area contributed by atoms with Gasteiger partial charge in [-0.1, -0.05) is 6.92 Å². The van der Waals surface area contributed by atoms with Crippen LogP contribution in [0.5, 0.6) is 5.75 Å². The van der Waals surface area contributed by atoms with Gasteiger partial charge in [0, 0.05) is 30.3 Å². The molecule has 1 aliphatic rings. The van der Waals surface area contributed by atoms with Crippen molar-refractivity contribution in [1.29, 1.82) is 0 Å². The Kier molecular flexibility index (Phi) is 5.37. The van der Waals surface area contributed by atoms with E-state index in [1.165, 1.54) is 19.4 Å². The second-order valence-corrected chi connectivity index (χ2v) is 6.02. The predicted octanol–water partition coefficient (Wildman–Crippen LogP) is 2.51. The van der Waals surface area contributed by atoms with Crippen molar-refractivity contribution in [2.24, 2.45) is 0 Å². The molecule has 0 saturated carbocycles. The van der Waals surface area contributed by atoms with E-state index in [0.29, 0.717) is 18.2 Å². The molecule has 1 N–H and O–H groups in total. The summed E-state index contributed by atoms with van der Waals surface area (Å²) in [4.78, 5) is 16.2. The fraction of sp³-hybridized carbons (Fsp3) is 0.588. The largest absolute Gasteiger partial charge is 0.508 e. The molecule has 116 valence electrons. The molecule has 21 heavy (non-hydrogen) atoms.